The largest absolute Gasteiger partial charge is 0.372 e. The zero-order chi connectivity index (χ0) is 13.2. The minimum absolute atomic E-state index is 0.472. The van der Waals surface area contributed by atoms with Crippen LogP contribution >= 0.6 is 11.8 Å². The van der Waals surface area contributed by atoms with Gasteiger partial charge in [0.2, 0.25) is 0 Å². The van der Waals surface area contributed by atoms with Gasteiger partial charge >= 0.3 is 0 Å². The predicted octanol–water partition coefficient (Wildman–Crippen LogP) is 2.11. The van der Waals surface area contributed by atoms with Crippen molar-refractivity contribution in [2.24, 2.45) is 0 Å². The topological polar surface area (TPSA) is 24.5 Å². The van der Waals surface area contributed by atoms with Crippen molar-refractivity contribution in [2.45, 2.75) is 68.3 Å². The zero-order valence-corrected chi connectivity index (χ0v) is 13.1. The van der Waals surface area contributed by atoms with E-state index < -0.39 is 0 Å². The summed E-state index contributed by atoms with van der Waals surface area (Å²) >= 11 is 2.13. The van der Waals surface area contributed by atoms with Crippen LogP contribution in [0, 0.1) is 0 Å². The molecule has 0 aromatic carbocycles. The van der Waals surface area contributed by atoms with E-state index in [2.05, 4.69) is 35.8 Å². The molecule has 2 aliphatic heterocycles. The van der Waals surface area contributed by atoms with Gasteiger partial charge < -0.3 is 10.1 Å². The van der Waals surface area contributed by atoms with Gasteiger partial charge in [0.25, 0.3) is 0 Å². The summed E-state index contributed by atoms with van der Waals surface area (Å²) < 4.78 is 6.20. The fraction of sp³-hybridized carbons (Fsp3) is 1.00. The second-order valence-corrected chi connectivity index (χ2v) is 8.50. The van der Waals surface area contributed by atoms with Gasteiger partial charge in [-0.25, -0.2) is 0 Å². The third kappa shape index (κ3) is 4.35. The highest BCUT2D eigenvalue weighted by molar-refractivity contribution is 8.00. The molecule has 110 valence electrons. The fourth-order valence-corrected chi connectivity index (χ4v) is 4.76. The van der Waals surface area contributed by atoms with Crippen molar-refractivity contribution in [3.63, 3.8) is 0 Å². The molecule has 0 bridgehead atoms. The number of thioether (sulfide) groups is 1. The first-order valence-corrected chi connectivity index (χ1v) is 8.90. The van der Waals surface area contributed by atoms with Crippen molar-refractivity contribution in [3.8, 4) is 0 Å². The number of nitrogens with one attached hydrogen (secondary N) is 1. The molecule has 3 aliphatic rings. The van der Waals surface area contributed by atoms with Crippen molar-refractivity contribution in [1.82, 2.24) is 10.2 Å². The van der Waals surface area contributed by atoms with Gasteiger partial charge in [-0.1, -0.05) is 13.8 Å². The van der Waals surface area contributed by atoms with Crippen LogP contribution in [0.3, 0.4) is 0 Å². The van der Waals surface area contributed by atoms with E-state index in [9.17, 15) is 0 Å². The molecule has 1 saturated carbocycles. The molecule has 0 spiro atoms. The second kappa shape index (κ2) is 6.33. The molecule has 3 rings (SSSR count). The molecule has 2 heterocycles. The maximum absolute atomic E-state index is 6.20. The van der Waals surface area contributed by atoms with Crippen LogP contribution in [-0.4, -0.2) is 59.8 Å². The third-order valence-electron chi connectivity index (χ3n) is 4.36. The molecule has 4 unspecified atom stereocenters. The number of hydrogen-bond acceptors (Lipinski definition) is 4. The molecule has 19 heavy (non-hydrogen) atoms. The van der Waals surface area contributed by atoms with Crippen LogP contribution in [0.5, 0.6) is 0 Å². The van der Waals surface area contributed by atoms with Gasteiger partial charge in [-0.3, -0.25) is 4.90 Å². The molecule has 1 N–H and O–H groups in total. The Bertz CT molecular complexity index is 288. The van der Waals surface area contributed by atoms with E-state index in [0.717, 1.165) is 29.6 Å². The van der Waals surface area contributed by atoms with Gasteiger partial charge in [-0.2, -0.15) is 11.8 Å². The average molecular weight is 284 g/mol. The summed E-state index contributed by atoms with van der Waals surface area (Å²) in [6.45, 7) is 9.40. The lowest BCUT2D eigenvalue weighted by Crippen LogP contribution is -2.44. The van der Waals surface area contributed by atoms with Gasteiger partial charge in [0.05, 0.1) is 12.2 Å². The summed E-state index contributed by atoms with van der Waals surface area (Å²) in [4.78, 5) is 2.62. The van der Waals surface area contributed by atoms with Gasteiger partial charge in [0, 0.05) is 42.7 Å². The highest BCUT2D eigenvalue weighted by Crippen LogP contribution is 2.27. The molecule has 3 fully saturated rings. The molecule has 2 saturated heterocycles. The normalized spacial score (nSPS) is 40.7. The Hall–Kier alpha value is 0.230. The molecule has 1 aliphatic carbocycles. The Kier molecular flexibility index (Phi) is 4.73. The molecular formula is C15H28N2OS. The fourth-order valence-electron chi connectivity index (χ4n) is 3.37. The van der Waals surface area contributed by atoms with Crippen molar-refractivity contribution in [1.29, 1.82) is 0 Å². The second-order valence-electron chi connectivity index (χ2n) is 6.62. The summed E-state index contributed by atoms with van der Waals surface area (Å²) in [5, 5.41) is 5.15. The van der Waals surface area contributed by atoms with Crippen LogP contribution in [0.4, 0.5) is 0 Å². The maximum Gasteiger partial charge on any atom is 0.0707 e. The molecule has 0 aromatic rings. The third-order valence-corrected chi connectivity index (χ3v) is 5.59. The number of hydrogen-bond donors (Lipinski definition) is 1. The molecule has 4 heteroatoms. The van der Waals surface area contributed by atoms with E-state index in [1.54, 1.807) is 0 Å². The molecule has 3 nitrogen and oxygen atoms in total. The number of ether oxygens (including phenoxy) is 1. The van der Waals surface area contributed by atoms with Crippen molar-refractivity contribution < 1.29 is 4.74 Å². The zero-order valence-electron chi connectivity index (χ0n) is 12.3. The average Bonchev–Trinajstić information content (AvgIpc) is 3.06. The minimum Gasteiger partial charge on any atom is -0.372 e. The lowest BCUT2D eigenvalue weighted by atomic mass is 10.2. The Balaban J connectivity index is 1.38. The molecule has 0 aromatic heterocycles. The quantitative estimate of drug-likeness (QED) is 0.836. The monoisotopic (exact) mass is 284 g/mol. The van der Waals surface area contributed by atoms with Crippen molar-refractivity contribution >= 4 is 11.8 Å². The smallest absolute Gasteiger partial charge is 0.0707 e. The van der Waals surface area contributed by atoms with Crippen LogP contribution in [0.15, 0.2) is 0 Å². The number of nitrogens with zero attached hydrogens (tertiary/aromatic N) is 1. The Morgan fingerprint density at radius 2 is 1.74 bits per heavy atom. The minimum atomic E-state index is 0.472. The van der Waals surface area contributed by atoms with Crippen LogP contribution < -0.4 is 5.32 Å². The summed E-state index contributed by atoms with van der Waals surface area (Å²) in [7, 11) is 0. The lowest BCUT2D eigenvalue weighted by Gasteiger charge is -2.35. The van der Waals surface area contributed by atoms with Gasteiger partial charge in [0.1, 0.15) is 0 Å². The van der Waals surface area contributed by atoms with E-state index in [1.165, 1.54) is 38.8 Å². The Labute approximate surface area is 121 Å². The lowest BCUT2D eigenvalue weighted by molar-refractivity contribution is 0.0230. The summed E-state index contributed by atoms with van der Waals surface area (Å²) in [6, 6.07) is 0.809. The molecular weight excluding hydrogens is 256 g/mol. The first kappa shape index (κ1) is 14.2. The van der Waals surface area contributed by atoms with Crippen LogP contribution in [0.2, 0.25) is 0 Å². The van der Waals surface area contributed by atoms with Crippen molar-refractivity contribution in [2.75, 3.05) is 26.2 Å². The summed E-state index contributed by atoms with van der Waals surface area (Å²) in [5.41, 5.74) is 0. The van der Waals surface area contributed by atoms with Crippen LogP contribution in [-0.2, 0) is 4.74 Å². The standard InChI is InChI=1S/C15H28N2OS/c1-11-8-17(9-12(2)19-11)10-15-6-5-14(18-15)7-16-13-3-4-13/h11-16H,3-10H2,1-2H3. The summed E-state index contributed by atoms with van der Waals surface area (Å²) in [5.74, 6) is 0. The first-order valence-electron chi connectivity index (χ1n) is 7.95. The summed E-state index contributed by atoms with van der Waals surface area (Å²) in [6.07, 6.45) is 6.20. The van der Waals surface area contributed by atoms with E-state index in [0.29, 0.717) is 12.2 Å². The Morgan fingerprint density at radius 1 is 1.05 bits per heavy atom. The van der Waals surface area contributed by atoms with Crippen LogP contribution in [0.1, 0.15) is 39.5 Å². The van der Waals surface area contributed by atoms with Gasteiger partial charge in [-0.05, 0) is 25.7 Å². The SMILES string of the molecule is CC1CN(CC2CCC(CNC3CC3)O2)CC(C)S1. The Morgan fingerprint density at radius 3 is 2.42 bits per heavy atom. The molecule has 4 atom stereocenters. The predicted molar refractivity (Wildman–Crippen MR) is 81.9 cm³/mol. The van der Waals surface area contributed by atoms with Crippen LogP contribution in [0.25, 0.3) is 0 Å². The highest BCUT2D eigenvalue weighted by Gasteiger charge is 2.31. The van der Waals surface area contributed by atoms with Crippen molar-refractivity contribution in [3.05, 3.63) is 0 Å². The number of rotatable bonds is 5. The van der Waals surface area contributed by atoms with E-state index in [1.807, 2.05) is 0 Å². The van der Waals surface area contributed by atoms with E-state index >= 15 is 0 Å². The molecule has 0 amide bonds. The highest BCUT2D eigenvalue weighted by atomic mass is 32.2. The van der Waals surface area contributed by atoms with Gasteiger partial charge in [-0.15, -0.1) is 0 Å². The van der Waals surface area contributed by atoms with E-state index in [4.69, 9.17) is 4.74 Å². The first-order chi connectivity index (χ1) is 9.19. The maximum atomic E-state index is 6.20. The van der Waals surface area contributed by atoms with Gasteiger partial charge in [0.15, 0.2) is 0 Å². The molecule has 0 radical (unpaired) electrons. The van der Waals surface area contributed by atoms with E-state index in [-0.39, 0.29) is 0 Å².